The Balaban J connectivity index is 1.35. The molecule has 0 aliphatic carbocycles. The largest absolute Gasteiger partial charge is 0.476 e. The van der Waals surface area contributed by atoms with Crippen molar-refractivity contribution in [2.45, 2.75) is 33.2 Å². The number of anilines is 2. The van der Waals surface area contributed by atoms with Gasteiger partial charge in [0.05, 0.1) is 37.0 Å². The molecule has 0 fully saturated rings. The molecule has 1 aromatic heterocycles. The van der Waals surface area contributed by atoms with E-state index in [0.29, 0.717) is 19.0 Å². The highest BCUT2D eigenvalue weighted by atomic mass is 16.5. The topological polar surface area (TPSA) is 98.1 Å². The van der Waals surface area contributed by atoms with Gasteiger partial charge >= 0.3 is 0 Å². The van der Waals surface area contributed by atoms with Crippen LogP contribution in [0.3, 0.4) is 0 Å². The lowest BCUT2D eigenvalue weighted by Crippen LogP contribution is -2.42. The van der Waals surface area contributed by atoms with Crippen LogP contribution < -0.4 is 16.0 Å². The number of allylic oxidation sites excluding steroid dienone is 1. The summed E-state index contributed by atoms with van der Waals surface area (Å²) in [5.74, 6) is 1.46. The molecular weight excluding hydrogens is 402 g/mol. The van der Waals surface area contributed by atoms with E-state index in [1.807, 2.05) is 31.3 Å². The van der Waals surface area contributed by atoms with Crippen LogP contribution in [0, 0.1) is 18.3 Å². The highest BCUT2D eigenvalue weighted by Gasteiger charge is 2.28. The molecule has 3 N–H and O–H groups in total. The number of aromatic nitrogens is 2. The summed E-state index contributed by atoms with van der Waals surface area (Å²) in [6.07, 6.45) is 3.28. The van der Waals surface area contributed by atoms with Crippen LogP contribution in [-0.4, -0.2) is 41.1 Å². The number of nitrogens with zero attached hydrogens (tertiary/aromatic N) is 4. The van der Waals surface area contributed by atoms with E-state index in [2.05, 4.69) is 38.8 Å². The fraction of sp³-hybridized carbons (Fsp3) is 0.375. The number of rotatable bonds is 4. The molecule has 0 unspecified atom stereocenters. The third-order valence-corrected chi connectivity index (χ3v) is 6.30. The molecule has 1 aromatic carbocycles. The maximum absolute atomic E-state index is 8.94. The van der Waals surface area contributed by atoms with E-state index in [1.54, 1.807) is 0 Å². The molecule has 4 heterocycles. The zero-order valence-corrected chi connectivity index (χ0v) is 18.5. The SMILES string of the molecule is CC1=C(N2CCc3cnc(Nc4ccc(CC#N)c(C)c4)nc3C2)CNC2=C1NCCO2. The van der Waals surface area contributed by atoms with Crippen LogP contribution in [-0.2, 0) is 24.1 Å². The van der Waals surface area contributed by atoms with Crippen LogP contribution in [0.25, 0.3) is 0 Å². The summed E-state index contributed by atoms with van der Waals surface area (Å²) in [5, 5.41) is 19.1. The Hall–Kier alpha value is -3.73. The van der Waals surface area contributed by atoms with Crippen molar-refractivity contribution >= 4 is 11.6 Å². The van der Waals surface area contributed by atoms with Crippen molar-refractivity contribution in [2.24, 2.45) is 0 Å². The van der Waals surface area contributed by atoms with Crippen molar-refractivity contribution < 1.29 is 4.74 Å². The van der Waals surface area contributed by atoms with Gasteiger partial charge in [0.1, 0.15) is 6.61 Å². The second kappa shape index (κ2) is 8.42. The van der Waals surface area contributed by atoms with Gasteiger partial charge < -0.3 is 25.6 Å². The first-order chi connectivity index (χ1) is 15.6. The standard InChI is InChI=1S/C24H27N7O/c1-15-11-19(4-3-17(15)5-7-25)29-24-28-12-18-6-9-31(14-20(18)30-24)21-13-27-23-22(16(21)2)26-8-10-32-23/h3-4,11-12,26-27H,5-6,8-10,13-14H2,1-2H3,(H,28,29,30). The molecule has 2 aromatic rings. The number of hydrogen-bond donors (Lipinski definition) is 3. The Bertz CT molecular complexity index is 1160. The molecule has 0 bridgehead atoms. The number of nitrogens with one attached hydrogen (secondary N) is 3. The summed E-state index contributed by atoms with van der Waals surface area (Å²) >= 11 is 0. The van der Waals surface area contributed by atoms with Gasteiger partial charge in [-0.1, -0.05) is 6.07 Å². The number of hydrogen-bond acceptors (Lipinski definition) is 8. The molecule has 164 valence electrons. The quantitative estimate of drug-likeness (QED) is 0.682. The predicted octanol–water partition coefficient (Wildman–Crippen LogP) is 2.62. The number of benzene rings is 1. The fourth-order valence-electron chi connectivity index (χ4n) is 4.49. The molecule has 0 amide bonds. The van der Waals surface area contributed by atoms with Crippen molar-refractivity contribution in [1.29, 1.82) is 5.26 Å². The Morgan fingerprint density at radius 1 is 1.28 bits per heavy atom. The highest BCUT2D eigenvalue weighted by Crippen LogP contribution is 2.28. The minimum Gasteiger partial charge on any atom is -0.476 e. The first-order valence-corrected chi connectivity index (χ1v) is 11.0. The van der Waals surface area contributed by atoms with Crippen molar-refractivity contribution in [1.82, 2.24) is 25.5 Å². The molecule has 5 rings (SSSR count). The molecule has 0 saturated carbocycles. The van der Waals surface area contributed by atoms with Crippen LogP contribution in [0.1, 0.15) is 29.3 Å². The van der Waals surface area contributed by atoms with Crippen LogP contribution in [0.5, 0.6) is 0 Å². The summed E-state index contributed by atoms with van der Waals surface area (Å²) in [6, 6.07) is 8.20. The predicted molar refractivity (Wildman–Crippen MR) is 122 cm³/mol. The van der Waals surface area contributed by atoms with E-state index >= 15 is 0 Å². The van der Waals surface area contributed by atoms with Gasteiger partial charge in [-0.15, -0.1) is 0 Å². The second-order valence-electron chi connectivity index (χ2n) is 8.34. The van der Waals surface area contributed by atoms with Gasteiger partial charge in [0, 0.05) is 30.7 Å². The van der Waals surface area contributed by atoms with E-state index in [0.717, 1.165) is 66.7 Å². The number of nitriles is 1. The first-order valence-electron chi connectivity index (χ1n) is 11.0. The Morgan fingerprint density at radius 2 is 2.19 bits per heavy atom. The van der Waals surface area contributed by atoms with E-state index in [1.165, 1.54) is 16.8 Å². The molecule has 0 saturated heterocycles. The van der Waals surface area contributed by atoms with Gasteiger partial charge in [-0.05, 0) is 54.7 Å². The lowest BCUT2D eigenvalue weighted by Gasteiger charge is -2.37. The van der Waals surface area contributed by atoms with Gasteiger partial charge in [-0.2, -0.15) is 5.26 Å². The molecule has 32 heavy (non-hydrogen) atoms. The van der Waals surface area contributed by atoms with E-state index < -0.39 is 0 Å². The van der Waals surface area contributed by atoms with Gasteiger partial charge in [0.15, 0.2) is 0 Å². The molecule has 0 atom stereocenters. The van der Waals surface area contributed by atoms with Crippen LogP contribution in [0.2, 0.25) is 0 Å². The molecule has 0 spiro atoms. The van der Waals surface area contributed by atoms with E-state index in [-0.39, 0.29) is 0 Å². The molecule has 8 nitrogen and oxygen atoms in total. The fourth-order valence-corrected chi connectivity index (χ4v) is 4.49. The summed E-state index contributed by atoms with van der Waals surface area (Å²) < 4.78 is 5.75. The monoisotopic (exact) mass is 429 g/mol. The average Bonchev–Trinajstić information content (AvgIpc) is 2.81. The first kappa shape index (κ1) is 20.2. The second-order valence-corrected chi connectivity index (χ2v) is 8.34. The highest BCUT2D eigenvalue weighted by molar-refractivity contribution is 5.56. The van der Waals surface area contributed by atoms with Crippen LogP contribution in [0.4, 0.5) is 11.6 Å². The number of fused-ring (bicyclic) bond motifs is 1. The minimum atomic E-state index is 0.418. The van der Waals surface area contributed by atoms with Gasteiger partial charge in [-0.25, -0.2) is 9.97 Å². The van der Waals surface area contributed by atoms with Gasteiger partial charge in [0.2, 0.25) is 11.8 Å². The van der Waals surface area contributed by atoms with Crippen LogP contribution >= 0.6 is 0 Å². The Morgan fingerprint density at radius 3 is 3.03 bits per heavy atom. The van der Waals surface area contributed by atoms with Crippen molar-refractivity contribution in [3.63, 3.8) is 0 Å². The lowest BCUT2D eigenvalue weighted by molar-refractivity contribution is 0.165. The maximum Gasteiger partial charge on any atom is 0.227 e. The van der Waals surface area contributed by atoms with Crippen molar-refractivity contribution in [2.75, 3.05) is 31.6 Å². The van der Waals surface area contributed by atoms with E-state index in [9.17, 15) is 0 Å². The average molecular weight is 430 g/mol. The smallest absolute Gasteiger partial charge is 0.227 e. The molecular formula is C24H27N7O. The minimum absolute atomic E-state index is 0.418. The Labute approximate surface area is 188 Å². The third kappa shape index (κ3) is 3.82. The zero-order chi connectivity index (χ0) is 22.1. The summed E-state index contributed by atoms with van der Waals surface area (Å²) in [7, 11) is 0. The summed E-state index contributed by atoms with van der Waals surface area (Å²) in [4.78, 5) is 11.8. The molecule has 3 aliphatic heterocycles. The summed E-state index contributed by atoms with van der Waals surface area (Å²) in [5.41, 5.74) is 8.90. The number of ether oxygens (including phenoxy) is 1. The van der Waals surface area contributed by atoms with Crippen molar-refractivity contribution in [3.8, 4) is 6.07 Å². The third-order valence-electron chi connectivity index (χ3n) is 6.30. The van der Waals surface area contributed by atoms with Gasteiger partial charge in [0.25, 0.3) is 0 Å². The van der Waals surface area contributed by atoms with Crippen molar-refractivity contribution in [3.05, 3.63) is 69.6 Å². The van der Waals surface area contributed by atoms with Gasteiger partial charge in [-0.3, -0.25) is 0 Å². The number of aryl methyl sites for hydroxylation is 1. The summed E-state index contributed by atoms with van der Waals surface area (Å²) in [6.45, 7) is 8.15. The maximum atomic E-state index is 8.94. The molecule has 3 aliphatic rings. The van der Waals surface area contributed by atoms with Crippen LogP contribution in [0.15, 0.2) is 47.2 Å². The zero-order valence-electron chi connectivity index (χ0n) is 18.5. The Kier molecular flexibility index (Phi) is 5.31. The normalized spacial score (nSPS) is 17.5. The molecule has 8 heteroatoms. The van der Waals surface area contributed by atoms with E-state index in [4.69, 9.17) is 15.0 Å². The lowest BCUT2D eigenvalue weighted by atomic mass is 10.0. The number of dihydropyridines is 1. The molecule has 0 radical (unpaired) electrons.